The number of nitrogens with zero attached hydrogens (tertiary/aromatic N) is 3. The topological polar surface area (TPSA) is 389 Å². The zero-order chi connectivity index (χ0) is 44.2. The van der Waals surface area contributed by atoms with Gasteiger partial charge in [-0.2, -0.15) is 4.98 Å². The predicted octanol–water partition coefficient (Wildman–Crippen LogP) is -3.72. The van der Waals surface area contributed by atoms with Gasteiger partial charge in [0.2, 0.25) is 17.8 Å². The SMILES string of the molecule is NCC1O[C@H](O)C(O)[C@@H](O)[C@@H]1O[C@H]1OC(CNC(=O)CCCCCNC(=O)CCC(NC(=O)c2ccc(NCc3cnc4nc(N)[nH]c(=O)c4n3)cc2)C(=O)O)C[C@H](O)C1O. The van der Waals surface area contributed by atoms with Gasteiger partial charge in [-0.15, -0.1) is 0 Å². The molecule has 0 saturated carbocycles. The number of anilines is 2. The second kappa shape index (κ2) is 21.9. The number of nitrogens with one attached hydrogen (secondary N) is 5. The Labute approximate surface area is 347 Å². The van der Waals surface area contributed by atoms with Gasteiger partial charge in [0, 0.05) is 50.1 Å². The van der Waals surface area contributed by atoms with Crippen LogP contribution in [0.15, 0.2) is 35.3 Å². The van der Waals surface area contributed by atoms with E-state index in [0.29, 0.717) is 30.6 Å². The Morgan fingerprint density at radius 1 is 0.934 bits per heavy atom. The van der Waals surface area contributed by atoms with Crippen LogP contribution < -0.4 is 38.3 Å². The normalized spacial score (nSPS) is 25.6. The number of H-pyrrole nitrogens is 1. The van der Waals surface area contributed by atoms with Gasteiger partial charge in [-0.05, 0) is 43.5 Å². The monoisotopic (exact) mass is 860 g/mol. The summed E-state index contributed by atoms with van der Waals surface area (Å²) < 4.78 is 16.5. The van der Waals surface area contributed by atoms with Gasteiger partial charge in [-0.3, -0.25) is 24.2 Å². The molecule has 0 bridgehead atoms. The minimum atomic E-state index is -1.71. The van der Waals surface area contributed by atoms with Crippen molar-refractivity contribution >= 4 is 46.5 Å². The summed E-state index contributed by atoms with van der Waals surface area (Å²) in [4.78, 5) is 76.3. The Kier molecular flexibility index (Phi) is 16.7. The summed E-state index contributed by atoms with van der Waals surface area (Å²) in [5.41, 5.74) is 12.0. The number of benzene rings is 1. The summed E-state index contributed by atoms with van der Waals surface area (Å²) in [6, 6.07) is 4.87. The van der Waals surface area contributed by atoms with Crippen molar-refractivity contribution in [3.8, 4) is 0 Å². The molecule has 0 radical (unpaired) electrons. The highest BCUT2D eigenvalue weighted by atomic mass is 16.7. The molecule has 2 aromatic heterocycles. The molecule has 2 aliphatic rings. The van der Waals surface area contributed by atoms with Crippen LogP contribution in [0.25, 0.3) is 11.2 Å². The van der Waals surface area contributed by atoms with Crippen LogP contribution in [0.3, 0.4) is 0 Å². The lowest BCUT2D eigenvalue weighted by Gasteiger charge is -2.44. The molecule has 61 heavy (non-hydrogen) atoms. The first-order chi connectivity index (χ1) is 29.1. The van der Waals surface area contributed by atoms with Crippen molar-refractivity contribution in [2.24, 2.45) is 5.73 Å². The van der Waals surface area contributed by atoms with E-state index >= 15 is 0 Å². The molecule has 2 saturated heterocycles. The maximum absolute atomic E-state index is 12.8. The number of carbonyl (C=O) groups excluding carboxylic acids is 3. The standard InChI is InChI=1S/C37H52N10O14/c38-13-23-30(28(52)29(53)35(58)60-23)61-36-27(51)22(48)12-20(59-36)16-42-24(49)4-2-1-3-11-40-25(50)10-9-21(34(56)57)45-32(54)17-5-7-18(8-6-17)41-14-19-15-43-31-26(44-19)33(55)47-37(39)46-31/h5-8,15,20-23,27-30,35-36,41,48,51-53,58H,1-4,9-14,16,38H2,(H,40,50)(H,42,49)(H,45,54)(H,56,57)(H3,39,43,46,47,55)/t20?,21?,22-,23?,27?,28+,29?,30+,35-,36+/m0/s1. The van der Waals surface area contributed by atoms with Gasteiger partial charge in [-0.1, -0.05) is 6.42 Å². The van der Waals surface area contributed by atoms with Crippen LogP contribution in [0.2, 0.25) is 0 Å². The van der Waals surface area contributed by atoms with Crippen molar-refractivity contribution in [2.45, 2.75) is 113 Å². The number of rotatable bonds is 20. The molecular weight excluding hydrogens is 808 g/mol. The molecule has 0 aliphatic carbocycles. The Hall–Kier alpha value is -5.44. The minimum absolute atomic E-state index is 0.0313. The molecule has 2 aliphatic heterocycles. The van der Waals surface area contributed by atoms with E-state index < -0.39 is 84.7 Å². The molecule has 5 rings (SSSR count). The first-order valence-corrected chi connectivity index (χ1v) is 19.6. The third-order valence-electron chi connectivity index (χ3n) is 9.99. The van der Waals surface area contributed by atoms with Gasteiger partial charge in [0.25, 0.3) is 11.5 Å². The fraction of sp³-hybridized carbons (Fsp3) is 0.568. The Bertz CT molecular complexity index is 2020. The van der Waals surface area contributed by atoms with Gasteiger partial charge >= 0.3 is 5.97 Å². The molecule has 1 aromatic carbocycles. The van der Waals surface area contributed by atoms with Gasteiger partial charge in [0.1, 0.15) is 36.6 Å². The molecule has 4 heterocycles. The number of aliphatic hydroxyl groups is 5. The van der Waals surface area contributed by atoms with E-state index in [4.69, 9.17) is 25.7 Å². The van der Waals surface area contributed by atoms with Crippen LogP contribution in [-0.4, -0.2) is 155 Å². The lowest BCUT2D eigenvalue weighted by molar-refractivity contribution is -0.339. The highest BCUT2D eigenvalue weighted by molar-refractivity contribution is 5.97. The zero-order valence-corrected chi connectivity index (χ0v) is 32.9. The van der Waals surface area contributed by atoms with Crippen molar-refractivity contribution < 1.29 is 64.0 Å². The number of unbranched alkanes of at least 4 members (excludes halogenated alkanes) is 2. The van der Waals surface area contributed by atoms with Crippen LogP contribution in [0.5, 0.6) is 0 Å². The molecule has 2 fully saturated rings. The molecule has 15 N–H and O–H groups in total. The van der Waals surface area contributed by atoms with Crippen molar-refractivity contribution in [3.63, 3.8) is 0 Å². The van der Waals surface area contributed by atoms with Crippen LogP contribution in [0.1, 0.15) is 61.0 Å². The third kappa shape index (κ3) is 13.0. The Morgan fingerprint density at radius 2 is 1.67 bits per heavy atom. The van der Waals surface area contributed by atoms with Gasteiger partial charge < -0.3 is 77.6 Å². The highest BCUT2D eigenvalue weighted by Crippen LogP contribution is 2.28. The molecule has 24 nitrogen and oxygen atoms in total. The first kappa shape index (κ1) is 46.6. The quantitative estimate of drug-likeness (QED) is 0.0486. The summed E-state index contributed by atoms with van der Waals surface area (Å²) in [5.74, 6) is -2.75. The van der Waals surface area contributed by atoms with E-state index in [1.165, 1.54) is 18.3 Å². The van der Waals surface area contributed by atoms with Crippen LogP contribution >= 0.6 is 0 Å². The number of aromatic amines is 1. The highest BCUT2D eigenvalue weighted by Gasteiger charge is 2.48. The second-order valence-electron chi connectivity index (χ2n) is 14.6. The number of ether oxygens (including phenoxy) is 3. The van der Waals surface area contributed by atoms with E-state index in [-0.39, 0.29) is 80.4 Å². The van der Waals surface area contributed by atoms with Crippen LogP contribution in [-0.2, 0) is 35.1 Å². The Morgan fingerprint density at radius 3 is 2.39 bits per heavy atom. The molecule has 5 unspecified atom stereocenters. The van der Waals surface area contributed by atoms with Gasteiger partial charge in [0.15, 0.2) is 23.7 Å². The summed E-state index contributed by atoms with van der Waals surface area (Å²) >= 11 is 0. The number of amides is 3. The van der Waals surface area contributed by atoms with Gasteiger partial charge in [0.05, 0.1) is 30.6 Å². The number of nitrogens with two attached hydrogens (primary N) is 2. The minimum Gasteiger partial charge on any atom is -0.480 e. The van der Waals surface area contributed by atoms with Crippen molar-refractivity contribution in [3.05, 3.63) is 52.1 Å². The van der Waals surface area contributed by atoms with E-state index in [1.54, 1.807) is 12.1 Å². The van der Waals surface area contributed by atoms with E-state index in [2.05, 4.69) is 41.2 Å². The number of nitrogen functional groups attached to an aromatic ring is 1. The smallest absolute Gasteiger partial charge is 0.326 e. The maximum Gasteiger partial charge on any atom is 0.326 e. The lowest BCUT2D eigenvalue weighted by Crippen LogP contribution is -2.63. The predicted molar refractivity (Wildman–Crippen MR) is 211 cm³/mol. The van der Waals surface area contributed by atoms with E-state index in [9.17, 15) is 54.6 Å². The molecule has 0 spiro atoms. The van der Waals surface area contributed by atoms with Gasteiger partial charge in [-0.25, -0.2) is 14.8 Å². The average molecular weight is 861 g/mol. The van der Waals surface area contributed by atoms with Crippen LogP contribution in [0.4, 0.5) is 11.6 Å². The molecule has 3 amide bonds. The summed E-state index contributed by atoms with van der Waals surface area (Å²) in [5, 5.41) is 71.5. The van der Waals surface area contributed by atoms with Crippen molar-refractivity contribution in [1.29, 1.82) is 0 Å². The zero-order valence-electron chi connectivity index (χ0n) is 32.9. The number of aliphatic carboxylic acids is 1. The Balaban J connectivity index is 0.945. The average Bonchev–Trinajstić information content (AvgIpc) is 3.23. The number of carboxylic acid groups (broad SMARTS) is 1. The van der Waals surface area contributed by atoms with Crippen molar-refractivity contribution in [2.75, 3.05) is 30.7 Å². The molecule has 10 atom stereocenters. The number of hydrogen-bond donors (Lipinski definition) is 13. The maximum atomic E-state index is 12.8. The molecule has 3 aromatic rings. The number of aliphatic hydroxyl groups excluding tert-OH is 5. The number of fused-ring (bicyclic) bond motifs is 1. The lowest BCUT2D eigenvalue weighted by atomic mass is 9.97. The van der Waals surface area contributed by atoms with E-state index in [0.717, 1.165) is 0 Å². The van der Waals surface area contributed by atoms with Crippen molar-refractivity contribution in [1.82, 2.24) is 35.9 Å². The summed E-state index contributed by atoms with van der Waals surface area (Å²) in [7, 11) is 0. The fourth-order valence-corrected chi connectivity index (χ4v) is 6.57. The summed E-state index contributed by atoms with van der Waals surface area (Å²) in [6.07, 6.45) is -9.64. The number of aromatic nitrogens is 4. The third-order valence-corrected chi connectivity index (χ3v) is 9.99. The van der Waals surface area contributed by atoms with Crippen LogP contribution in [0, 0.1) is 0 Å². The number of carbonyl (C=O) groups is 4. The molecular formula is C37H52N10O14. The second-order valence-corrected chi connectivity index (χ2v) is 14.6. The number of carboxylic acids is 1. The number of hydrogen-bond acceptors (Lipinski definition) is 19. The molecule has 24 heteroatoms. The van der Waals surface area contributed by atoms with E-state index in [1.807, 2.05) is 0 Å². The summed E-state index contributed by atoms with van der Waals surface area (Å²) in [6.45, 7) is 0.240. The first-order valence-electron chi connectivity index (χ1n) is 19.6. The fourth-order valence-electron chi connectivity index (χ4n) is 6.57. The largest absolute Gasteiger partial charge is 0.480 e. The molecule has 334 valence electrons.